The van der Waals surface area contributed by atoms with Crippen molar-refractivity contribution in [2.75, 3.05) is 13.2 Å². The van der Waals surface area contributed by atoms with Crippen molar-refractivity contribution in [2.24, 2.45) is 0 Å². The van der Waals surface area contributed by atoms with Gasteiger partial charge >= 0.3 is 11.7 Å². The van der Waals surface area contributed by atoms with Gasteiger partial charge in [-0.3, -0.25) is 4.57 Å². The largest absolute Gasteiger partial charge is 0.482 e. The maximum atomic E-state index is 12.0. The number of carbonyl (C=O) groups excluding carboxylic acids is 1. The summed E-state index contributed by atoms with van der Waals surface area (Å²) in [5, 5.41) is 0. The van der Waals surface area contributed by atoms with Gasteiger partial charge in [0, 0.05) is 6.54 Å². The van der Waals surface area contributed by atoms with Crippen LogP contribution in [0.25, 0.3) is 11.0 Å². The zero-order valence-corrected chi connectivity index (χ0v) is 16.5. The Labute approximate surface area is 164 Å². The molecule has 0 radical (unpaired) electrons. The minimum atomic E-state index is -0.425. The quantitative estimate of drug-likeness (QED) is 0.500. The number of nitrogens with one attached hydrogen (secondary N) is 1. The third kappa shape index (κ3) is 4.82. The Hall–Kier alpha value is -3.02. The predicted molar refractivity (Wildman–Crippen MR) is 109 cm³/mol. The molecule has 0 atom stereocenters. The molecular formula is C22H26N2O4. The Morgan fingerprint density at radius 2 is 1.79 bits per heavy atom. The number of aryl methyl sites for hydroxylation is 1. The topological polar surface area (TPSA) is 73.3 Å². The van der Waals surface area contributed by atoms with Gasteiger partial charge in [0.25, 0.3) is 0 Å². The highest BCUT2D eigenvalue weighted by atomic mass is 16.6. The minimum Gasteiger partial charge on any atom is -0.482 e. The highest BCUT2D eigenvalue weighted by Gasteiger charge is 2.13. The van der Waals surface area contributed by atoms with Crippen molar-refractivity contribution in [3.05, 3.63) is 64.6 Å². The number of ether oxygens (including phenoxy) is 2. The summed E-state index contributed by atoms with van der Waals surface area (Å²) < 4.78 is 12.3. The fourth-order valence-electron chi connectivity index (χ4n) is 2.97. The lowest BCUT2D eigenvalue weighted by atomic mass is 9.87. The molecule has 28 heavy (non-hydrogen) atoms. The first-order valence-electron chi connectivity index (χ1n) is 9.41. The lowest BCUT2D eigenvalue weighted by molar-refractivity contribution is -0.146. The average molecular weight is 382 g/mol. The molecule has 0 saturated heterocycles. The molecule has 0 aliphatic heterocycles. The number of nitrogens with zero attached hydrogens (tertiary/aromatic N) is 1. The predicted octanol–water partition coefficient (Wildman–Crippen LogP) is 3.64. The lowest BCUT2D eigenvalue weighted by Crippen LogP contribution is -2.19. The number of rotatable bonds is 7. The molecule has 0 aliphatic carbocycles. The Morgan fingerprint density at radius 1 is 1.07 bits per heavy atom. The van der Waals surface area contributed by atoms with Crippen LogP contribution in [0, 0.1) is 0 Å². The second kappa shape index (κ2) is 8.33. The molecule has 6 nitrogen and oxygen atoms in total. The van der Waals surface area contributed by atoms with Gasteiger partial charge in [0.2, 0.25) is 0 Å². The molecule has 1 heterocycles. The highest BCUT2D eigenvalue weighted by molar-refractivity contribution is 5.74. The van der Waals surface area contributed by atoms with Crippen LogP contribution in [0.3, 0.4) is 0 Å². The smallest absolute Gasteiger partial charge is 0.344 e. The zero-order valence-electron chi connectivity index (χ0n) is 16.5. The van der Waals surface area contributed by atoms with E-state index in [-0.39, 0.29) is 24.3 Å². The van der Waals surface area contributed by atoms with Gasteiger partial charge in [0.1, 0.15) is 5.75 Å². The monoisotopic (exact) mass is 382 g/mol. The van der Waals surface area contributed by atoms with Gasteiger partial charge in [-0.25, -0.2) is 9.59 Å². The molecule has 0 amide bonds. The fraction of sp³-hybridized carbons (Fsp3) is 0.364. The van der Waals surface area contributed by atoms with E-state index in [1.165, 1.54) is 5.56 Å². The van der Waals surface area contributed by atoms with E-state index in [9.17, 15) is 9.59 Å². The fourth-order valence-corrected chi connectivity index (χ4v) is 2.97. The van der Waals surface area contributed by atoms with Crippen LogP contribution >= 0.6 is 0 Å². The van der Waals surface area contributed by atoms with E-state index < -0.39 is 5.97 Å². The van der Waals surface area contributed by atoms with E-state index in [1.807, 2.05) is 48.5 Å². The number of hydrogen-bond donors (Lipinski definition) is 1. The summed E-state index contributed by atoms with van der Waals surface area (Å²) in [6.45, 7) is 7.00. The Kier molecular flexibility index (Phi) is 5.87. The molecule has 6 heteroatoms. The first-order chi connectivity index (χ1) is 13.3. The number of imidazole rings is 1. The number of benzene rings is 2. The van der Waals surface area contributed by atoms with Gasteiger partial charge in [-0.1, -0.05) is 45.0 Å². The number of aromatic amines is 1. The molecule has 148 valence electrons. The van der Waals surface area contributed by atoms with Crippen molar-refractivity contribution in [3.63, 3.8) is 0 Å². The minimum absolute atomic E-state index is 0.0736. The molecular weight excluding hydrogens is 356 g/mol. The SMILES string of the molecule is CC(C)(C)c1ccc(OCC(=O)OCCCn2c(=O)[nH]c3ccccc32)cc1. The first kappa shape index (κ1) is 19.7. The number of hydrogen-bond acceptors (Lipinski definition) is 4. The third-order valence-electron chi connectivity index (χ3n) is 4.55. The number of H-pyrrole nitrogens is 1. The van der Waals surface area contributed by atoms with E-state index in [0.29, 0.717) is 18.7 Å². The molecule has 0 aliphatic rings. The molecule has 3 aromatic rings. The van der Waals surface area contributed by atoms with E-state index in [0.717, 1.165) is 11.0 Å². The number of carbonyl (C=O) groups is 1. The van der Waals surface area contributed by atoms with Crippen LogP contribution in [-0.4, -0.2) is 28.7 Å². The van der Waals surface area contributed by atoms with Crippen molar-refractivity contribution in [1.29, 1.82) is 0 Å². The van der Waals surface area contributed by atoms with Gasteiger partial charge in [0.15, 0.2) is 6.61 Å². The van der Waals surface area contributed by atoms with Crippen molar-refractivity contribution in [3.8, 4) is 5.75 Å². The van der Waals surface area contributed by atoms with E-state index in [1.54, 1.807) is 4.57 Å². The van der Waals surface area contributed by atoms with Crippen molar-refractivity contribution >= 4 is 17.0 Å². The summed E-state index contributed by atoms with van der Waals surface area (Å²) in [6.07, 6.45) is 0.549. The summed E-state index contributed by atoms with van der Waals surface area (Å²) in [5.74, 6) is 0.210. The van der Waals surface area contributed by atoms with Gasteiger partial charge < -0.3 is 14.5 Å². The van der Waals surface area contributed by atoms with Crippen LogP contribution < -0.4 is 10.4 Å². The summed E-state index contributed by atoms with van der Waals surface area (Å²) >= 11 is 0. The summed E-state index contributed by atoms with van der Waals surface area (Å²) in [5.41, 5.74) is 2.77. The second-order valence-electron chi connectivity index (χ2n) is 7.74. The van der Waals surface area contributed by atoms with Crippen LogP contribution in [-0.2, 0) is 21.5 Å². The number of para-hydroxylation sites is 2. The van der Waals surface area contributed by atoms with Crippen molar-refractivity contribution < 1.29 is 14.3 Å². The lowest BCUT2D eigenvalue weighted by Gasteiger charge is -2.19. The van der Waals surface area contributed by atoms with E-state index in [2.05, 4.69) is 25.8 Å². The van der Waals surface area contributed by atoms with Gasteiger partial charge in [-0.15, -0.1) is 0 Å². The van der Waals surface area contributed by atoms with Crippen LogP contribution in [0.15, 0.2) is 53.3 Å². The Balaban J connectivity index is 1.42. The Morgan fingerprint density at radius 3 is 2.50 bits per heavy atom. The van der Waals surface area contributed by atoms with Gasteiger partial charge in [0.05, 0.1) is 17.6 Å². The summed E-state index contributed by atoms with van der Waals surface area (Å²) in [6, 6.07) is 15.2. The molecule has 0 fully saturated rings. The molecule has 1 aromatic heterocycles. The number of fused-ring (bicyclic) bond motifs is 1. The standard InChI is InChI=1S/C22H26N2O4/c1-22(2,3)16-9-11-17(12-10-16)28-15-20(25)27-14-6-13-24-19-8-5-4-7-18(19)23-21(24)26/h4-5,7-12H,6,13-15H2,1-3H3,(H,23,26). The molecule has 0 bridgehead atoms. The van der Waals surface area contributed by atoms with Crippen molar-refractivity contribution in [2.45, 2.75) is 39.2 Å². The molecule has 0 unspecified atom stereocenters. The molecule has 3 rings (SSSR count). The Bertz CT molecular complexity index is 994. The molecule has 1 N–H and O–H groups in total. The van der Waals surface area contributed by atoms with Gasteiger partial charge in [-0.05, 0) is 41.7 Å². The van der Waals surface area contributed by atoms with E-state index >= 15 is 0 Å². The van der Waals surface area contributed by atoms with E-state index in [4.69, 9.17) is 9.47 Å². The second-order valence-corrected chi connectivity index (χ2v) is 7.74. The van der Waals surface area contributed by atoms with Crippen LogP contribution in [0.1, 0.15) is 32.8 Å². The third-order valence-corrected chi connectivity index (χ3v) is 4.55. The summed E-state index contributed by atoms with van der Waals surface area (Å²) in [7, 11) is 0. The highest BCUT2D eigenvalue weighted by Crippen LogP contribution is 2.24. The van der Waals surface area contributed by atoms with Crippen LogP contribution in [0.5, 0.6) is 5.75 Å². The van der Waals surface area contributed by atoms with Crippen molar-refractivity contribution in [1.82, 2.24) is 9.55 Å². The number of esters is 1. The number of aromatic nitrogens is 2. The maximum Gasteiger partial charge on any atom is 0.344 e. The first-order valence-corrected chi connectivity index (χ1v) is 9.41. The summed E-state index contributed by atoms with van der Waals surface area (Å²) in [4.78, 5) is 26.7. The molecule has 0 saturated carbocycles. The molecule has 2 aromatic carbocycles. The van der Waals surface area contributed by atoms with Gasteiger partial charge in [-0.2, -0.15) is 0 Å². The zero-order chi connectivity index (χ0) is 20.1. The van der Waals surface area contributed by atoms with Crippen LogP contribution in [0.2, 0.25) is 0 Å². The maximum absolute atomic E-state index is 12.0. The normalized spacial score (nSPS) is 11.5. The average Bonchev–Trinajstić information content (AvgIpc) is 2.98. The molecule has 0 spiro atoms. The van der Waals surface area contributed by atoms with Crippen LogP contribution in [0.4, 0.5) is 0 Å².